The van der Waals surface area contributed by atoms with Crippen molar-refractivity contribution in [3.63, 3.8) is 0 Å². The molecule has 2 N–H and O–H groups in total. The molecule has 3 aromatic carbocycles. The quantitative estimate of drug-likeness (QED) is 0.572. The molecule has 3 rings (SSSR count). The summed E-state index contributed by atoms with van der Waals surface area (Å²) in [6.07, 6.45) is 0. The molecule has 0 fully saturated rings. The fourth-order valence-electron chi connectivity index (χ4n) is 3.09. The van der Waals surface area contributed by atoms with Gasteiger partial charge in [0.1, 0.15) is 11.5 Å². The monoisotopic (exact) mass is 392 g/mol. The Morgan fingerprint density at radius 3 is 2.29 bits per heavy atom. The van der Waals surface area contributed by atoms with Crippen LogP contribution in [0.3, 0.4) is 0 Å². The van der Waals surface area contributed by atoms with Crippen molar-refractivity contribution in [3.05, 3.63) is 89.5 Å². The highest BCUT2D eigenvalue weighted by Crippen LogP contribution is 2.30. The lowest BCUT2D eigenvalue weighted by Gasteiger charge is -2.24. The van der Waals surface area contributed by atoms with E-state index in [0.717, 1.165) is 17.0 Å². The van der Waals surface area contributed by atoms with Crippen LogP contribution in [0.4, 0.5) is 5.69 Å². The van der Waals surface area contributed by atoms with E-state index in [9.17, 15) is 0 Å². The van der Waals surface area contributed by atoms with Crippen LogP contribution in [-0.2, 0) is 0 Å². The van der Waals surface area contributed by atoms with Crippen LogP contribution in [0.25, 0.3) is 0 Å². The van der Waals surface area contributed by atoms with E-state index in [4.69, 9.17) is 21.7 Å². The number of rotatable bonds is 6. The van der Waals surface area contributed by atoms with Crippen LogP contribution >= 0.6 is 12.2 Å². The van der Waals surface area contributed by atoms with Crippen molar-refractivity contribution in [3.8, 4) is 11.5 Å². The minimum atomic E-state index is -0.0633. The Bertz CT molecular complexity index is 944. The Kier molecular flexibility index (Phi) is 6.50. The van der Waals surface area contributed by atoms with E-state index in [-0.39, 0.29) is 6.04 Å². The number of hydrogen-bond acceptors (Lipinski definition) is 3. The minimum absolute atomic E-state index is 0.0633. The van der Waals surface area contributed by atoms with Gasteiger partial charge in [-0.2, -0.15) is 0 Å². The molecule has 1 atom stereocenters. The molecule has 0 saturated heterocycles. The van der Waals surface area contributed by atoms with Crippen molar-refractivity contribution in [2.75, 3.05) is 19.5 Å². The highest BCUT2D eigenvalue weighted by molar-refractivity contribution is 7.80. The Hall–Kier alpha value is -3.05. The van der Waals surface area contributed by atoms with Crippen molar-refractivity contribution in [2.45, 2.75) is 13.0 Å². The van der Waals surface area contributed by atoms with Gasteiger partial charge in [-0.3, -0.25) is 0 Å². The van der Waals surface area contributed by atoms with Gasteiger partial charge in [0.15, 0.2) is 5.11 Å². The van der Waals surface area contributed by atoms with Crippen LogP contribution in [0.2, 0.25) is 0 Å². The molecule has 0 radical (unpaired) electrons. The molecule has 28 heavy (non-hydrogen) atoms. The first kappa shape index (κ1) is 19.7. The van der Waals surface area contributed by atoms with Crippen LogP contribution in [0.15, 0.2) is 72.8 Å². The first-order valence-electron chi connectivity index (χ1n) is 9.02. The number of ether oxygens (including phenoxy) is 2. The van der Waals surface area contributed by atoms with E-state index in [2.05, 4.69) is 41.8 Å². The molecule has 0 aliphatic heterocycles. The molecule has 0 spiro atoms. The van der Waals surface area contributed by atoms with Gasteiger partial charge in [0, 0.05) is 6.07 Å². The molecular weight excluding hydrogens is 368 g/mol. The standard InChI is InChI=1S/C23H24N2O2S/c1-16-9-7-8-12-19(16)22(17-10-5-4-6-11-17)25-23(28)24-20-14-13-18(26-2)15-21(20)27-3/h4-15,22H,1-3H3,(H2,24,25,28). The molecular formula is C23H24N2O2S. The molecule has 0 aliphatic carbocycles. The van der Waals surface area contributed by atoms with Gasteiger partial charge in [0.25, 0.3) is 0 Å². The first-order valence-corrected chi connectivity index (χ1v) is 9.43. The average molecular weight is 393 g/mol. The van der Waals surface area contributed by atoms with Crippen molar-refractivity contribution in [1.82, 2.24) is 5.32 Å². The van der Waals surface area contributed by atoms with Gasteiger partial charge in [-0.15, -0.1) is 0 Å². The van der Waals surface area contributed by atoms with Crippen LogP contribution in [0.5, 0.6) is 11.5 Å². The molecule has 0 aromatic heterocycles. The number of anilines is 1. The normalized spacial score (nSPS) is 11.4. The fourth-order valence-corrected chi connectivity index (χ4v) is 3.32. The van der Waals surface area contributed by atoms with Crippen molar-refractivity contribution >= 4 is 23.0 Å². The second-order valence-corrected chi connectivity index (χ2v) is 6.77. The summed E-state index contributed by atoms with van der Waals surface area (Å²) in [5.74, 6) is 1.39. The molecule has 3 aromatic rings. The maximum atomic E-state index is 5.62. The molecule has 5 heteroatoms. The zero-order chi connectivity index (χ0) is 19.9. The number of methoxy groups -OCH3 is 2. The summed E-state index contributed by atoms with van der Waals surface area (Å²) in [5, 5.41) is 7.21. The van der Waals surface area contributed by atoms with Gasteiger partial charge < -0.3 is 20.1 Å². The maximum absolute atomic E-state index is 5.62. The summed E-state index contributed by atoms with van der Waals surface area (Å²) in [5.41, 5.74) is 4.30. The fraction of sp³-hybridized carbons (Fsp3) is 0.174. The van der Waals surface area contributed by atoms with E-state index >= 15 is 0 Å². The molecule has 4 nitrogen and oxygen atoms in total. The smallest absolute Gasteiger partial charge is 0.171 e. The number of benzene rings is 3. The summed E-state index contributed by atoms with van der Waals surface area (Å²) < 4.78 is 10.7. The Morgan fingerprint density at radius 2 is 1.61 bits per heavy atom. The minimum Gasteiger partial charge on any atom is -0.497 e. The molecule has 0 amide bonds. The predicted octanol–water partition coefficient (Wildman–Crippen LogP) is 5.09. The molecule has 1 unspecified atom stereocenters. The summed E-state index contributed by atoms with van der Waals surface area (Å²) in [4.78, 5) is 0. The highest BCUT2D eigenvalue weighted by atomic mass is 32.1. The average Bonchev–Trinajstić information content (AvgIpc) is 2.73. The second kappa shape index (κ2) is 9.24. The third-order valence-corrected chi connectivity index (χ3v) is 4.78. The van der Waals surface area contributed by atoms with Gasteiger partial charge in [0.2, 0.25) is 0 Å². The largest absolute Gasteiger partial charge is 0.497 e. The zero-order valence-corrected chi connectivity index (χ0v) is 17.0. The molecule has 144 valence electrons. The zero-order valence-electron chi connectivity index (χ0n) is 16.2. The van der Waals surface area contributed by atoms with Crippen LogP contribution in [0.1, 0.15) is 22.7 Å². The molecule has 0 saturated carbocycles. The summed E-state index contributed by atoms with van der Waals surface area (Å²) in [7, 11) is 3.25. The summed E-state index contributed by atoms with van der Waals surface area (Å²) in [6.45, 7) is 2.11. The van der Waals surface area contributed by atoms with Gasteiger partial charge in [-0.1, -0.05) is 54.6 Å². The van der Waals surface area contributed by atoms with Gasteiger partial charge in [0.05, 0.1) is 25.9 Å². The van der Waals surface area contributed by atoms with Crippen LogP contribution in [-0.4, -0.2) is 19.3 Å². The van der Waals surface area contributed by atoms with Crippen LogP contribution in [0, 0.1) is 6.92 Å². The molecule has 0 bridgehead atoms. The third-order valence-electron chi connectivity index (χ3n) is 4.56. The van der Waals surface area contributed by atoms with E-state index in [1.165, 1.54) is 11.1 Å². The molecule has 0 heterocycles. The Morgan fingerprint density at radius 1 is 0.893 bits per heavy atom. The van der Waals surface area contributed by atoms with Crippen LogP contribution < -0.4 is 20.1 Å². The SMILES string of the molecule is COc1ccc(NC(=S)NC(c2ccccc2)c2ccccc2C)c(OC)c1. The molecule has 0 aliphatic rings. The number of nitrogens with one attached hydrogen (secondary N) is 2. The predicted molar refractivity (Wildman–Crippen MR) is 118 cm³/mol. The van der Waals surface area contributed by atoms with E-state index in [0.29, 0.717) is 10.9 Å². The highest BCUT2D eigenvalue weighted by Gasteiger charge is 2.17. The second-order valence-electron chi connectivity index (χ2n) is 6.36. The Balaban J connectivity index is 1.86. The topological polar surface area (TPSA) is 42.5 Å². The van der Waals surface area contributed by atoms with Gasteiger partial charge >= 0.3 is 0 Å². The van der Waals surface area contributed by atoms with Crippen molar-refractivity contribution in [1.29, 1.82) is 0 Å². The summed E-state index contributed by atoms with van der Waals surface area (Å²) >= 11 is 5.62. The van der Waals surface area contributed by atoms with E-state index < -0.39 is 0 Å². The van der Waals surface area contributed by atoms with Gasteiger partial charge in [-0.25, -0.2) is 0 Å². The summed E-state index contributed by atoms with van der Waals surface area (Å²) in [6, 6.07) is 24.1. The number of thiocarbonyl (C=S) groups is 1. The lowest BCUT2D eigenvalue weighted by Crippen LogP contribution is -2.33. The first-order chi connectivity index (χ1) is 13.6. The van der Waals surface area contributed by atoms with E-state index in [1.54, 1.807) is 14.2 Å². The van der Waals surface area contributed by atoms with Crippen molar-refractivity contribution in [2.24, 2.45) is 0 Å². The maximum Gasteiger partial charge on any atom is 0.171 e. The third kappa shape index (κ3) is 4.61. The number of hydrogen-bond donors (Lipinski definition) is 2. The van der Waals surface area contributed by atoms with Crippen molar-refractivity contribution < 1.29 is 9.47 Å². The lowest BCUT2D eigenvalue weighted by atomic mass is 9.95. The number of aryl methyl sites for hydroxylation is 1. The lowest BCUT2D eigenvalue weighted by molar-refractivity contribution is 0.395. The van der Waals surface area contributed by atoms with E-state index in [1.807, 2.05) is 48.5 Å². The van der Waals surface area contributed by atoms with Gasteiger partial charge in [-0.05, 0) is 48.0 Å². The Labute approximate surface area is 171 Å².